The third-order valence-electron chi connectivity index (χ3n) is 4.65. The van der Waals surface area contributed by atoms with Crippen molar-refractivity contribution in [1.82, 2.24) is 19.9 Å². The largest absolute Gasteiger partial charge is 0.444 e. The number of hydrogen-bond donors (Lipinski definition) is 0. The Bertz CT molecular complexity index is 918. The zero-order chi connectivity index (χ0) is 21.2. The van der Waals surface area contributed by atoms with E-state index in [0.29, 0.717) is 42.7 Å². The van der Waals surface area contributed by atoms with Gasteiger partial charge >= 0.3 is 6.09 Å². The first-order chi connectivity index (χ1) is 13.7. The van der Waals surface area contributed by atoms with E-state index in [1.54, 1.807) is 47.1 Å². The fraction of sp³-hybridized carbons (Fsp3) is 0.450. The number of rotatable bonds is 4. The van der Waals surface area contributed by atoms with Crippen molar-refractivity contribution >= 4 is 24.1 Å². The molecule has 2 amide bonds. The lowest BCUT2D eigenvalue weighted by atomic mass is 10.1. The minimum Gasteiger partial charge on any atom is -0.444 e. The summed E-state index contributed by atoms with van der Waals surface area (Å²) in [5, 5.41) is 8.22. The maximum absolute atomic E-state index is 12.8. The van der Waals surface area contributed by atoms with Gasteiger partial charge in [-0.2, -0.15) is 0 Å². The molecule has 1 fully saturated rings. The molecule has 0 N–H and O–H groups in total. The first kappa shape index (κ1) is 20.5. The zero-order valence-electron chi connectivity index (χ0n) is 17.0. The van der Waals surface area contributed by atoms with Gasteiger partial charge in [0.25, 0.3) is 5.91 Å². The highest BCUT2D eigenvalue weighted by molar-refractivity contribution is 6.09. The van der Waals surface area contributed by atoms with Crippen LogP contribution >= 0.6 is 0 Å². The third kappa shape index (κ3) is 4.61. The number of anilines is 1. The number of aromatic nitrogens is 3. The van der Waals surface area contributed by atoms with Gasteiger partial charge in [0, 0.05) is 25.7 Å². The molecule has 0 aliphatic carbocycles. The number of likely N-dealkylation sites (tertiary alicyclic amines) is 1. The number of benzene rings is 1. The summed E-state index contributed by atoms with van der Waals surface area (Å²) in [6, 6.07) is 6.55. The summed E-state index contributed by atoms with van der Waals surface area (Å²) in [5.41, 5.74) is 0.0771. The van der Waals surface area contributed by atoms with Gasteiger partial charge in [-0.1, -0.05) is 23.4 Å². The Morgan fingerprint density at radius 3 is 2.69 bits per heavy atom. The highest BCUT2D eigenvalue weighted by Gasteiger charge is 2.31. The zero-order valence-corrected chi connectivity index (χ0v) is 17.0. The molecule has 1 aromatic heterocycles. The van der Waals surface area contributed by atoms with Crippen LogP contribution in [-0.2, 0) is 4.74 Å². The molecule has 0 saturated carbocycles. The highest BCUT2D eigenvalue weighted by atomic mass is 16.6. The monoisotopic (exact) mass is 399 g/mol. The maximum atomic E-state index is 12.8. The summed E-state index contributed by atoms with van der Waals surface area (Å²) < 4.78 is 7.07. The van der Waals surface area contributed by atoms with Crippen molar-refractivity contribution in [1.29, 1.82) is 0 Å². The van der Waals surface area contributed by atoms with E-state index in [1.165, 1.54) is 4.90 Å². The van der Waals surface area contributed by atoms with E-state index >= 15 is 0 Å². The van der Waals surface area contributed by atoms with Crippen LogP contribution in [0, 0.1) is 0 Å². The number of amides is 2. The Hall–Kier alpha value is -3.23. The molecule has 1 atom stereocenters. The van der Waals surface area contributed by atoms with E-state index < -0.39 is 5.60 Å². The molecule has 1 aliphatic heterocycles. The number of nitrogens with zero attached hydrogens (tertiary/aromatic N) is 5. The molecule has 9 heteroatoms. The SMILES string of the molecule is CN(C(=O)c1ccccc1C=O)c1cn(C2CCN(C(=O)OC(C)(C)C)C2)nn1. The second-order valence-corrected chi connectivity index (χ2v) is 7.99. The van der Waals surface area contributed by atoms with E-state index in [-0.39, 0.29) is 18.0 Å². The fourth-order valence-corrected chi connectivity index (χ4v) is 3.13. The third-order valence-corrected chi connectivity index (χ3v) is 4.65. The van der Waals surface area contributed by atoms with Crippen LogP contribution in [0.15, 0.2) is 30.5 Å². The summed E-state index contributed by atoms with van der Waals surface area (Å²) in [4.78, 5) is 39.2. The molecule has 3 rings (SSSR count). The van der Waals surface area contributed by atoms with Gasteiger partial charge in [0.15, 0.2) is 12.1 Å². The van der Waals surface area contributed by atoms with Crippen LogP contribution in [0.25, 0.3) is 0 Å². The smallest absolute Gasteiger partial charge is 0.410 e. The van der Waals surface area contributed by atoms with E-state index in [4.69, 9.17) is 4.74 Å². The second-order valence-electron chi connectivity index (χ2n) is 7.99. The molecule has 9 nitrogen and oxygen atoms in total. The Labute approximate surface area is 169 Å². The molecule has 0 bridgehead atoms. The number of ether oxygens (including phenoxy) is 1. The van der Waals surface area contributed by atoms with Crippen LogP contribution in [0.4, 0.5) is 10.6 Å². The van der Waals surface area contributed by atoms with E-state index in [0.717, 1.165) is 0 Å². The molecule has 1 saturated heterocycles. The van der Waals surface area contributed by atoms with Gasteiger partial charge in [-0.25, -0.2) is 9.48 Å². The van der Waals surface area contributed by atoms with Gasteiger partial charge in [-0.3, -0.25) is 14.5 Å². The Balaban J connectivity index is 1.69. The molecule has 2 heterocycles. The van der Waals surface area contributed by atoms with Gasteiger partial charge in [-0.15, -0.1) is 5.10 Å². The molecule has 1 aliphatic rings. The standard InChI is InChI=1S/C20H25N5O4/c1-20(2,3)29-19(28)24-10-9-15(11-24)25-12-17(21-22-25)23(4)18(27)16-8-6-5-7-14(16)13-26/h5-8,12-13,15H,9-11H2,1-4H3. The van der Waals surface area contributed by atoms with Crippen molar-refractivity contribution in [3.63, 3.8) is 0 Å². The van der Waals surface area contributed by atoms with Crippen LogP contribution < -0.4 is 4.90 Å². The quantitative estimate of drug-likeness (QED) is 0.733. The Morgan fingerprint density at radius 1 is 1.28 bits per heavy atom. The van der Waals surface area contributed by atoms with Crippen molar-refractivity contribution in [3.8, 4) is 0 Å². The molecule has 154 valence electrons. The first-order valence-electron chi connectivity index (χ1n) is 9.41. The molecule has 29 heavy (non-hydrogen) atoms. The molecular formula is C20H25N5O4. The van der Waals surface area contributed by atoms with Gasteiger partial charge in [-0.05, 0) is 33.3 Å². The predicted molar refractivity (Wildman–Crippen MR) is 106 cm³/mol. The summed E-state index contributed by atoms with van der Waals surface area (Å²) in [5.74, 6) is 0.0213. The first-order valence-corrected chi connectivity index (χ1v) is 9.41. The van der Waals surface area contributed by atoms with Crippen LogP contribution in [0.3, 0.4) is 0 Å². The molecule has 1 unspecified atom stereocenters. The summed E-state index contributed by atoms with van der Waals surface area (Å²) >= 11 is 0. The van der Waals surface area contributed by atoms with Crippen molar-refractivity contribution in [2.45, 2.75) is 38.8 Å². The lowest BCUT2D eigenvalue weighted by Crippen LogP contribution is -2.35. The van der Waals surface area contributed by atoms with Crippen molar-refractivity contribution in [3.05, 3.63) is 41.6 Å². The number of aldehydes is 1. The summed E-state index contributed by atoms with van der Waals surface area (Å²) in [6.45, 7) is 6.52. The van der Waals surface area contributed by atoms with E-state index in [2.05, 4.69) is 10.3 Å². The predicted octanol–water partition coefficient (Wildman–Crippen LogP) is 2.55. The number of carbonyl (C=O) groups excluding carboxylic acids is 3. The topological polar surface area (TPSA) is 97.6 Å². The molecule has 0 spiro atoms. The van der Waals surface area contributed by atoms with Crippen molar-refractivity contribution < 1.29 is 19.1 Å². The van der Waals surface area contributed by atoms with Gasteiger partial charge in [0.2, 0.25) is 0 Å². The Morgan fingerprint density at radius 2 is 2.00 bits per heavy atom. The lowest BCUT2D eigenvalue weighted by Gasteiger charge is -2.24. The highest BCUT2D eigenvalue weighted by Crippen LogP contribution is 2.24. The fourth-order valence-electron chi connectivity index (χ4n) is 3.13. The number of hydrogen-bond acceptors (Lipinski definition) is 6. The molecule has 1 aromatic carbocycles. The minimum absolute atomic E-state index is 0.0467. The number of carbonyl (C=O) groups is 3. The van der Waals surface area contributed by atoms with Crippen molar-refractivity contribution in [2.75, 3.05) is 25.0 Å². The van der Waals surface area contributed by atoms with Gasteiger partial charge in [0.1, 0.15) is 5.60 Å². The average molecular weight is 399 g/mol. The Kier molecular flexibility index (Phi) is 5.67. The van der Waals surface area contributed by atoms with Crippen LogP contribution in [0.5, 0.6) is 0 Å². The lowest BCUT2D eigenvalue weighted by molar-refractivity contribution is 0.0288. The van der Waals surface area contributed by atoms with Gasteiger partial charge in [0.05, 0.1) is 17.8 Å². The average Bonchev–Trinajstić information content (AvgIpc) is 3.34. The van der Waals surface area contributed by atoms with Crippen LogP contribution in [0.1, 0.15) is 53.9 Å². The van der Waals surface area contributed by atoms with E-state index in [9.17, 15) is 14.4 Å². The molecule has 0 radical (unpaired) electrons. The summed E-state index contributed by atoms with van der Waals surface area (Å²) in [6.07, 6.45) is 2.69. The van der Waals surface area contributed by atoms with Gasteiger partial charge < -0.3 is 9.64 Å². The van der Waals surface area contributed by atoms with Crippen molar-refractivity contribution in [2.24, 2.45) is 0 Å². The molecule has 2 aromatic rings. The summed E-state index contributed by atoms with van der Waals surface area (Å²) in [7, 11) is 1.58. The molecular weight excluding hydrogens is 374 g/mol. The maximum Gasteiger partial charge on any atom is 0.410 e. The van der Waals surface area contributed by atoms with Crippen LogP contribution in [0.2, 0.25) is 0 Å². The normalized spacial score (nSPS) is 16.6. The van der Waals surface area contributed by atoms with Crippen LogP contribution in [-0.4, -0.2) is 63.9 Å². The van der Waals surface area contributed by atoms with E-state index in [1.807, 2.05) is 20.8 Å². The second kappa shape index (κ2) is 8.02. The minimum atomic E-state index is -0.545.